The van der Waals surface area contributed by atoms with Crippen LogP contribution in [-0.2, 0) is 0 Å². The summed E-state index contributed by atoms with van der Waals surface area (Å²) in [6.45, 7) is 3.33. The van der Waals surface area contributed by atoms with Gasteiger partial charge in [-0.05, 0) is 32.0 Å². The van der Waals surface area contributed by atoms with Crippen LogP contribution in [0.25, 0.3) is 0 Å². The van der Waals surface area contributed by atoms with E-state index in [1.807, 2.05) is 0 Å². The highest BCUT2D eigenvalue weighted by Gasteiger charge is 2.14. The van der Waals surface area contributed by atoms with Crippen LogP contribution >= 0.6 is 23.2 Å². The second-order valence-corrected chi connectivity index (χ2v) is 5.09. The van der Waals surface area contributed by atoms with E-state index in [0.29, 0.717) is 15.7 Å². The minimum absolute atomic E-state index is 0.136. The van der Waals surface area contributed by atoms with E-state index in [2.05, 4.69) is 10.6 Å². The fourth-order valence-electron chi connectivity index (χ4n) is 1.06. The van der Waals surface area contributed by atoms with Crippen molar-refractivity contribution in [1.29, 1.82) is 0 Å². The zero-order chi connectivity index (χ0) is 13.1. The number of hydrogen-bond acceptors (Lipinski definition) is 2. The molecule has 0 saturated carbocycles. The molecule has 3 N–H and O–H groups in total. The van der Waals surface area contributed by atoms with Crippen molar-refractivity contribution >= 4 is 34.9 Å². The van der Waals surface area contributed by atoms with Gasteiger partial charge in [0.2, 0.25) is 0 Å². The first-order chi connectivity index (χ1) is 7.78. The highest BCUT2D eigenvalue weighted by molar-refractivity contribution is 6.35. The predicted octanol–water partition coefficient (Wildman–Crippen LogP) is 2.89. The summed E-state index contributed by atoms with van der Waals surface area (Å²) < 4.78 is 0. The van der Waals surface area contributed by atoms with E-state index in [1.165, 1.54) is 0 Å². The standard InChI is InChI=1S/C11H14Cl2N2O2/c1-11(2,17)6-14-10(16)15-9-5-7(12)3-4-8(9)13/h3-5,17H,6H2,1-2H3,(H2,14,15,16). The van der Waals surface area contributed by atoms with Gasteiger partial charge < -0.3 is 15.7 Å². The largest absolute Gasteiger partial charge is 0.389 e. The molecule has 6 heteroatoms. The number of halogens is 2. The van der Waals surface area contributed by atoms with Crippen LogP contribution in [0.3, 0.4) is 0 Å². The van der Waals surface area contributed by atoms with Crippen LogP contribution in [0, 0.1) is 0 Å². The van der Waals surface area contributed by atoms with Crippen LogP contribution in [-0.4, -0.2) is 23.3 Å². The third-order valence-electron chi connectivity index (χ3n) is 1.86. The van der Waals surface area contributed by atoms with Crippen LogP contribution in [0.2, 0.25) is 10.0 Å². The molecule has 17 heavy (non-hydrogen) atoms. The molecule has 0 radical (unpaired) electrons. The van der Waals surface area contributed by atoms with Gasteiger partial charge in [-0.25, -0.2) is 4.79 Å². The van der Waals surface area contributed by atoms with Gasteiger partial charge in [-0.15, -0.1) is 0 Å². The average molecular weight is 277 g/mol. The number of rotatable bonds is 3. The second kappa shape index (κ2) is 5.58. The van der Waals surface area contributed by atoms with Crippen molar-refractivity contribution in [2.24, 2.45) is 0 Å². The first kappa shape index (κ1) is 14.1. The Balaban J connectivity index is 2.59. The molecule has 0 saturated heterocycles. The van der Waals surface area contributed by atoms with Crippen LogP contribution < -0.4 is 10.6 Å². The summed E-state index contributed by atoms with van der Waals surface area (Å²) in [6, 6.07) is 4.32. The van der Waals surface area contributed by atoms with Gasteiger partial charge in [0.05, 0.1) is 16.3 Å². The van der Waals surface area contributed by atoms with E-state index in [4.69, 9.17) is 23.2 Å². The van der Waals surface area contributed by atoms with Gasteiger partial charge >= 0.3 is 6.03 Å². The molecule has 1 aromatic rings. The van der Waals surface area contributed by atoms with Gasteiger partial charge in [0.15, 0.2) is 0 Å². The first-order valence-electron chi connectivity index (χ1n) is 5.00. The number of carbonyl (C=O) groups excluding carboxylic acids is 1. The van der Waals surface area contributed by atoms with E-state index < -0.39 is 11.6 Å². The van der Waals surface area contributed by atoms with Crippen LogP contribution in [0.15, 0.2) is 18.2 Å². The van der Waals surface area contributed by atoms with Gasteiger partial charge in [-0.1, -0.05) is 23.2 Å². The number of nitrogens with one attached hydrogen (secondary N) is 2. The average Bonchev–Trinajstić information content (AvgIpc) is 2.20. The summed E-state index contributed by atoms with van der Waals surface area (Å²) in [5.41, 5.74) is -0.539. The van der Waals surface area contributed by atoms with Crippen molar-refractivity contribution in [2.45, 2.75) is 19.4 Å². The highest BCUT2D eigenvalue weighted by Crippen LogP contribution is 2.25. The Morgan fingerprint density at radius 1 is 1.41 bits per heavy atom. The van der Waals surface area contributed by atoms with Crippen LogP contribution in [0.5, 0.6) is 0 Å². The third kappa shape index (κ3) is 5.26. The summed E-state index contributed by atoms with van der Waals surface area (Å²) in [7, 11) is 0. The normalized spacial score (nSPS) is 11.1. The molecule has 0 fully saturated rings. The highest BCUT2D eigenvalue weighted by atomic mass is 35.5. The number of urea groups is 1. The molecule has 0 spiro atoms. The fourth-order valence-corrected chi connectivity index (χ4v) is 1.39. The Bertz CT molecular complexity index is 416. The molecule has 1 rings (SSSR count). The molecule has 0 unspecified atom stereocenters. The number of hydrogen-bond donors (Lipinski definition) is 3. The number of benzene rings is 1. The molecule has 94 valence electrons. The zero-order valence-corrected chi connectivity index (χ0v) is 11.1. The molecule has 0 aliphatic carbocycles. The van der Waals surface area contributed by atoms with Crippen LogP contribution in [0.4, 0.5) is 10.5 Å². The zero-order valence-electron chi connectivity index (χ0n) is 9.55. The summed E-state index contributed by atoms with van der Waals surface area (Å²) in [5.74, 6) is 0. The topological polar surface area (TPSA) is 61.4 Å². The van der Waals surface area contributed by atoms with E-state index in [-0.39, 0.29) is 6.54 Å². The smallest absolute Gasteiger partial charge is 0.319 e. The summed E-state index contributed by atoms with van der Waals surface area (Å²) >= 11 is 11.7. The Morgan fingerprint density at radius 3 is 2.65 bits per heavy atom. The van der Waals surface area contributed by atoms with Crippen molar-refractivity contribution in [3.05, 3.63) is 28.2 Å². The molecule has 0 aliphatic rings. The van der Waals surface area contributed by atoms with Gasteiger partial charge in [0.25, 0.3) is 0 Å². The molecule has 0 bridgehead atoms. The number of amides is 2. The maximum absolute atomic E-state index is 11.5. The maximum atomic E-state index is 11.5. The Kier molecular flexibility index (Phi) is 4.62. The minimum Gasteiger partial charge on any atom is -0.389 e. The van der Waals surface area contributed by atoms with E-state index in [0.717, 1.165) is 0 Å². The molecule has 0 aliphatic heterocycles. The summed E-state index contributed by atoms with van der Waals surface area (Å²) in [6.07, 6.45) is 0. The van der Waals surface area contributed by atoms with E-state index in [1.54, 1.807) is 32.0 Å². The summed E-state index contributed by atoms with van der Waals surface area (Å²) in [5, 5.41) is 15.4. The maximum Gasteiger partial charge on any atom is 0.319 e. The lowest BCUT2D eigenvalue weighted by Gasteiger charge is -2.18. The predicted molar refractivity (Wildman–Crippen MR) is 69.8 cm³/mol. The quantitative estimate of drug-likeness (QED) is 0.795. The van der Waals surface area contributed by atoms with Gasteiger partial charge in [0.1, 0.15) is 0 Å². The van der Waals surface area contributed by atoms with Gasteiger partial charge in [-0.3, -0.25) is 0 Å². The molecule has 1 aromatic carbocycles. The first-order valence-corrected chi connectivity index (χ1v) is 5.76. The molecule has 0 heterocycles. The Morgan fingerprint density at radius 2 is 2.06 bits per heavy atom. The van der Waals surface area contributed by atoms with E-state index in [9.17, 15) is 9.90 Å². The van der Waals surface area contributed by atoms with Crippen molar-refractivity contribution in [3.8, 4) is 0 Å². The minimum atomic E-state index is -0.963. The lowest BCUT2D eigenvalue weighted by molar-refractivity contribution is 0.0826. The number of carbonyl (C=O) groups is 1. The molecular formula is C11H14Cl2N2O2. The third-order valence-corrected chi connectivity index (χ3v) is 2.42. The molecule has 2 amide bonds. The second-order valence-electron chi connectivity index (χ2n) is 4.24. The van der Waals surface area contributed by atoms with Crippen molar-refractivity contribution < 1.29 is 9.90 Å². The number of aliphatic hydroxyl groups is 1. The van der Waals surface area contributed by atoms with Crippen molar-refractivity contribution in [1.82, 2.24) is 5.32 Å². The summed E-state index contributed by atoms with van der Waals surface area (Å²) in [4.78, 5) is 11.5. The lowest BCUT2D eigenvalue weighted by atomic mass is 10.1. The molecular weight excluding hydrogens is 263 g/mol. The lowest BCUT2D eigenvalue weighted by Crippen LogP contribution is -2.40. The fraction of sp³-hybridized carbons (Fsp3) is 0.364. The molecule has 0 aromatic heterocycles. The Labute approximate surface area is 110 Å². The van der Waals surface area contributed by atoms with Gasteiger partial charge in [-0.2, -0.15) is 0 Å². The van der Waals surface area contributed by atoms with Crippen molar-refractivity contribution in [3.63, 3.8) is 0 Å². The monoisotopic (exact) mass is 276 g/mol. The molecule has 0 atom stereocenters. The SMILES string of the molecule is CC(C)(O)CNC(=O)Nc1cc(Cl)ccc1Cl. The van der Waals surface area contributed by atoms with Gasteiger partial charge in [0, 0.05) is 11.6 Å². The van der Waals surface area contributed by atoms with Crippen molar-refractivity contribution in [2.75, 3.05) is 11.9 Å². The molecule has 4 nitrogen and oxygen atoms in total. The van der Waals surface area contributed by atoms with Crippen LogP contribution in [0.1, 0.15) is 13.8 Å². The van der Waals surface area contributed by atoms with E-state index >= 15 is 0 Å². The Hall–Kier alpha value is -0.970. The number of anilines is 1.